The molecule has 1 saturated heterocycles. The number of benzene rings is 2. The molecule has 0 N–H and O–H groups in total. The molecule has 0 radical (unpaired) electrons. The van der Waals surface area contributed by atoms with Crippen molar-refractivity contribution in [3.8, 4) is 5.75 Å². The first-order chi connectivity index (χ1) is 14.4. The number of rotatable bonds is 7. The maximum atomic E-state index is 13.0. The molecule has 0 aliphatic carbocycles. The molecule has 0 aromatic heterocycles. The Kier molecular flexibility index (Phi) is 7.25. The number of carbonyl (C=O) groups is 1. The average molecular weight is 432 g/mol. The Morgan fingerprint density at radius 2 is 1.93 bits per heavy atom. The molecule has 1 heterocycles. The predicted molar refractivity (Wildman–Crippen MR) is 113 cm³/mol. The number of carbonyl (C=O) groups excluding carboxylic acids is 1. The van der Waals surface area contributed by atoms with Crippen LogP contribution in [-0.4, -0.2) is 52.1 Å². The second-order valence-corrected chi connectivity index (χ2v) is 8.76. The van der Waals surface area contributed by atoms with Crippen LogP contribution in [-0.2, 0) is 30.9 Å². The largest absolute Gasteiger partial charge is 0.495 e. The molecule has 8 heteroatoms. The van der Waals surface area contributed by atoms with Crippen LogP contribution in [0.5, 0.6) is 5.75 Å². The molecule has 1 aliphatic heterocycles. The minimum Gasteiger partial charge on any atom is -0.495 e. The van der Waals surface area contributed by atoms with Crippen molar-refractivity contribution in [1.82, 2.24) is 4.31 Å². The van der Waals surface area contributed by atoms with E-state index >= 15 is 0 Å². The van der Waals surface area contributed by atoms with Crippen molar-refractivity contribution >= 4 is 22.1 Å². The van der Waals surface area contributed by atoms with Crippen molar-refractivity contribution < 1.29 is 27.4 Å². The van der Waals surface area contributed by atoms with Crippen molar-refractivity contribution in [3.05, 3.63) is 65.2 Å². The molecule has 2 aromatic carbocycles. The number of hydrogen-bond donors (Lipinski definition) is 0. The second-order valence-electron chi connectivity index (χ2n) is 6.86. The van der Waals surface area contributed by atoms with Gasteiger partial charge in [0, 0.05) is 19.2 Å². The van der Waals surface area contributed by atoms with Crippen LogP contribution in [0, 0.1) is 6.92 Å². The summed E-state index contributed by atoms with van der Waals surface area (Å²) in [5.74, 6) is -0.259. The number of methoxy groups -OCH3 is 1. The standard InChI is InChI=1S/C22H25NO6S/c1-17-4-3-5-19(14-17)16-29-22(24)9-7-18-6-8-20(27-2)21(15-18)30(25,26)23-10-12-28-13-11-23/h3-9,14-15H,10-13,16H2,1-2H3/b9-7+. The van der Waals surface area contributed by atoms with Crippen LogP contribution >= 0.6 is 0 Å². The molecule has 3 rings (SSSR count). The molecule has 7 nitrogen and oxygen atoms in total. The minimum atomic E-state index is -3.74. The number of ether oxygens (including phenoxy) is 3. The zero-order valence-corrected chi connectivity index (χ0v) is 17.9. The first-order valence-electron chi connectivity index (χ1n) is 9.56. The zero-order valence-electron chi connectivity index (χ0n) is 17.0. The van der Waals surface area contributed by atoms with Gasteiger partial charge in [0.2, 0.25) is 10.0 Å². The van der Waals surface area contributed by atoms with Crippen molar-refractivity contribution in [2.75, 3.05) is 33.4 Å². The van der Waals surface area contributed by atoms with Gasteiger partial charge in [-0.1, -0.05) is 35.9 Å². The molecule has 30 heavy (non-hydrogen) atoms. The number of morpholine rings is 1. The van der Waals surface area contributed by atoms with E-state index in [1.807, 2.05) is 31.2 Å². The van der Waals surface area contributed by atoms with Crippen LogP contribution < -0.4 is 4.74 Å². The first-order valence-corrected chi connectivity index (χ1v) is 11.0. The van der Waals surface area contributed by atoms with E-state index in [9.17, 15) is 13.2 Å². The van der Waals surface area contributed by atoms with Crippen molar-refractivity contribution in [1.29, 1.82) is 0 Å². The van der Waals surface area contributed by atoms with Gasteiger partial charge in [-0.15, -0.1) is 0 Å². The van der Waals surface area contributed by atoms with Gasteiger partial charge in [0.15, 0.2) is 0 Å². The molecule has 0 saturated carbocycles. The second kappa shape index (κ2) is 9.88. The lowest BCUT2D eigenvalue weighted by molar-refractivity contribution is -0.138. The van der Waals surface area contributed by atoms with E-state index in [1.165, 1.54) is 29.6 Å². The Balaban J connectivity index is 1.73. The van der Waals surface area contributed by atoms with Gasteiger partial charge in [-0.3, -0.25) is 0 Å². The average Bonchev–Trinajstić information content (AvgIpc) is 2.76. The Labute approximate surface area is 176 Å². The van der Waals surface area contributed by atoms with Gasteiger partial charge in [0.05, 0.1) is 20.3 Å². The molecule has 0 atom stereocenters. The van der Waals surface area contributed by atoms with Crippen molar-refractivity contribution in [3.63, 3.8) is 0 Å². The summed E-state index contributed by atoms with van der Waals surface area (Å²) in [7, 11) is -2.32. The highest BCUT2D eigenvalue weighted by atomic mass is 32.2. The summed E-state index contributed by atoms with van der Waals surface area (Å²) in [6.45, 7) is 3.43. The maximum absolute atomic E-state index is 13.0. The molecular weight excluding hydrogens is 406 g/mol. The van der Waals surface area contributed by atoms with E-state index in [0.717, 1.165) is 11.1 Å². The fourth-order valence-electron chi connectivity index (χ4n) is 3.09. The lowest BCUT2D eigenvalue weighted by Gasteiger charge is -2.26. The van der Waals surface area contributed by atoms with E-state index in [-0.39, 0.29) is 30.3 Å². The van der Waals surface area contributed by atoms with Gasteiger partial charge in [0.25, 0.3) is 0 Å². The third-order valence-corrected chi connectivity index (χ3v) is 6.57. The molecule has 0 amide bonds. The van der Waals surface area contributed by atoms with Crippen LogP contribution in [0.2, 0.25) is 0 Å². The van der Waals surface area contributed by atoms with Crippen LogP contribution in [0.4, 0.5) is 0 Å². The number of aryl methyl sites for hydroxylation is 1. The molecule has 1 aliphatic rings. The number of sulfonamides is 1. The van der Waals surface area contributed by atoms with Crippen molar-refractivity contribution in [2.24, 2.45) is 0 Å². The zero-order chi connectivity index (χ0) is 21.6. The lowest BCUT2D eigenvalue weighted by atomic mass is 10.1. The summed E-state index contributed by atoms with van der Waals surface area (Å²) in [5.41, 5.74) is 2.54. The first kappa shape index (κ1) is 22.0. The summed E-state index contributed by atoms with van der Waals surface area (Å²) in [4.78, 5) is 12.1. The normalized spacial score (nSPS) is 15.3. The molecule has 0 unspecified atom stereocenters. The topological polar surface area (TPSA) is 82.1 Å². The molecule has 1 fully saturated rings. The van der Waals surface area contributed by atoms with Gasteiger partial charge in [-0.25, -0.2) is 13.2 Å². The van der Waals surface area contributed by atoms with Crippen LogP contribution in [0.1, 0.15) is 16.7 Å². The fraction of sp³-hybridized carbons (Fsp3) is 0.318. The summed E-state index contributed by atoms with van der Waals surface area (Å²) in [6, 6.07) is 12.5. The van der Waals surface area contributed by atoms with Gasteiger partial charge < -0.3 is 14.2 Å². The summed E-state index contributed by atoms with van der Waals surface area (Å²) in [6.07, 6.45) is 2.80. The van der Waals surface area contributed by atoms with Crippen LogP contribution in [0.25, 0.3) is 6.08 Å². The molecule has 0 bridgehead atoms. The van der Waals surface area contributed by atoms with Gasteiger partial charge in [0.1, 0.15) is 17.3 Å². The Bertz CT molecular complexity index is 1030. The maximum Gasteiger partial charge on any atom is 0.331 e. The summed E-state index contributed by atoms with van der Waals surface area (Å²) in [5, 5.41) is 0. The molecular formula is C22H25NO6S. The van der Waals surface area contributed by atoms with Crippen LogP contribution in [0.15, 0.2) is 53.4 Å². The Morgan fingerprint density at radius 1 is 1.17 bits per heavy atom. The fourth-order valence-corrected chi connectivity index (χ4v) is 4.69. The molecule has 0 spiro atoms. The lowest BCUT2D eigenvalue weighted by Crippen LogP contribution is -2.40. The third-order valence-electron chi connectivity index (χ3n) is 4.65. The van der Waals surface area contributed by atoms with E-state index < -0.39 is 16.0 Å². The number of hydrogen-bond acceptors (Lipinski definition) is 6. The smallest absolute Gasteiger partial charge is 0.331 e. The molecule has 160 valence electrons. The van der Waals surface area contributed by atoms with Gasteiger partial charge in [-0.2, -0.15) is 4.31 Å². The van der Waals surface area contributed by atoms with Gasteiger partial charge in [-0.05, 0) is 36.3 Å². The Morgan fingerprint density at radius 3 is 2.63 bits per heavy atom. The van der Waals surface area contributed by atoms with Crippen LogP contribution in [0.3, 0.4) is 0 Å². The van der Waals surface area contributed by atoms with E-state index in [1.54, 1.807) is 12.1 Å². The van der Waals surface area contributed by atoms with Crippen molar-refractivity contribution in [2.45, 2.75) is 18.4 Å². The minimum absolute atomic E-state index is 0.0576. The van der Waals surface area contributed by atoms with E-state index in [0.29, 0.717) is 18.8 Å². The summed E-state index contributed by atoms with van der Waals surface area (Å²) >= 11 is 0. The van der Waals surface area contributed by atoms with E-state index in [4.69, 9.17) is 14.2 Å². The number of nitrogens with zero attached hydrogens (tertiary/aromatic N) is 1. The quantitative estimate of drug-likeness (QED) is 0.495. The summed E-state index contributed by atoms with van der Waals surface area (Å²) < 4.78 is 43.1. The monoisotopic (exact) mass is 431 g/mol. The van der Waals surface area contributed by atoms with E-state index in [2.05, 4.69) is 0 Å². The highest BCUT2D eigenvalue weighted by molar-refractivity contribution is 7.89. The third kappa shape index (κ3) is 5.47. The highest BCUT2D eigenvalue weighted by Gasteiger charge is 2.29. The predicted octanol–water partition coefficient (Wildman–Crippen LogP) is 2.78. The Hall–Kier alpha value is -2.68. The highest BCUT2D eigenvalue weighted by Crippen LogP contribution is 2.28. The van der Waals surface area contributed by atoms with Gasteiger partial charge >= 0.3 is 5.97 Å². The number of esters is 1. The SMILES string of the molecule is COc1ccc(/C=C/C(=O)OCc2cccc(C)c2)cc1S(=O)(=O)N1CCOCC1. The molecule has 2 aromatic rings.